The van der Waals surface area contributed by atoms with Crippen LogP contribution in [0.1, 0.15) is 24.2 Å². The molecule has 0 bridgehead atoms. The number of aliphatic imine (C=N–C) groups is 1. The number of piperidine rings is 1. The molecular weight excluding hydrogens is 342 g/mol. The van der Waals surface area contributed by atoms with Gasteiger partial charge in [-0.25, -0.2) is 0 Å². The lowest BCUT2D eigenvalue weighted by molar-refractivity contribution is 0.108. The molecule has 0 unspecified atom stereocenters. The highest BCUT2D eigenvalue weighted by Gasteiger charge is 2.19. The molecule has 2 N–H and O–H groups in total. The summed E-state index contributed by atoms with van der Waals surface area (Å²) in [7, 11) is 1.68. The third kappa shape index (κ3) is 6.03. The fourth-order valence-electron chi connectivity index (χ4n) is 3.18. The molecule has 0 saturated carbocycles. The van der Waals surface area contributed by atoms with Gasteiger partial charge in [0.2, 0.25) is 0 Å². The van der Waals surface area contributed by atoms with E-state index in [0.29, 0.717) is 6.54 Å². The number of ether oxygens (including phenoxy) is 1. The number of hydrogen-bond acceptors (Lipinski definition) is 4. The molecule has 1 aliphatic rings. The van der Waals surface area contributed by atoms with E-state index in [1.54, 1.807) is 13.4 Å². The number of hydrogen-bond donors (Lipinski definition) is 2. The lowest BCUT2D eigenvalue weighted by Gasteiger charge is -2.32. The maximum Gasteiger partial charge on any atom is 0.193 e. The summed E-state index contributed by atoms with van der Waals surface area (Å²) in [5.74, 6) is 2.74. The Kier molecular flexibility index (Phi) is 7.16. The van der Waals surface area contributed by atoms with Crippen LogP contribution in [0.5, 0.6) is 5.75 Å². The second-order valence-corrected chi connectivity index (χ2v) is 6.78. The van der Waals surface area contributed by atoms with Gasteiger partial charge in [0.25, 0.3) is 0 Å². The molecule has 0 radical (unpaired) electrons. The van der Waals surface area contributed by atoms with Gasteiger partial charge in [-0.15, -0.1) is 0 Å². The summed E-state index contributed by atoms with van der Waals surface area (Å²) >= 11 is 0. The van der Waals surface area contributed by atoms with Gasteiger partial charge in [-0.1, -0.05) is 12.1 Å². The Balaban J connectivity index is 1.54. The van der Waals surface area contributed by atoms with E-state index in [1.807, 2.05) is 24.3 Å². The first kappa shape index (κ1) is 19.3. The van der Waals surface area contributed by atoms with Crippen molar-refractivity contribution in [1.29, 1.82) is 0 Å². The number of aliphatic hydroxyl groups is 1. The Morgan fingerprint density at radius 1 is 1.22 bits per heavy atom. The summed E-state index contributed by atoms with van der Waals surface area (Å²) in [4.78, 5) is 7.01. The maximum atomic E-state index is 9.77. The second kappa shape index (κ2) is 10.0. The highest BCUT2D eigenvalue weighted by atomic mass is 16.5. The van der Waals surface area contributed by atoms with Gasteiger partial charge in [-0.2, -0.15) is 0 Å². The fraction of sp³-hybridized carbons (Fsp3) is 0.476. The summed E-state index contributed by atoms with van der Waals surface area (Å²) in [5.41, 5.74) is 1.26. The minimum absolute atomic E-state index is 0.190. The zero-order valence-corrected chi connectivity index (χ0v) is 15.9. The Bertz CT molecular complexity index is 690. The number of methoxy groups -OCH3 is 1. The number of aliphatic hydroxyl groups excluding tert-OH is 1. The van der Waals surface area contributed by atoms with E-state index in [2.05, 4.69) is 22.3 Å². The van der Waals surface area contributed by atoms with E-state index in [9.17, 15) is 5.11 Å². The van der Waals surface area contributed by atoms with Crippen LogP contribution >= 0.6 is 0 Å². The molecule has 146 valence electrons. The van der Waals surface area contributed by atoms with Gasteiger partial charge < -0.3 is 24.5 Å². The molecule has 2 aromatic rings. The molecule has 2 heterocycles. The highest BCUT2D eigenvalue weighted by molar-refractivity contribution is 5.80. The lowest BCUT2D eigenvalue weighted by Crippen LogP contribution is -2.47. The van der Waals surface area contributed by atoms with Crippen molar-refractivity contribution in [3.63, 3.8) is 0 Å². The summed E-state index contributed by atoms with van der Waals surface area (Å²) in [5, 5.41) is 13.3. The van der Waals surface area contributed by atoms with Gasteiger partial charge in [0.15, 0.2) is 5.96 Å². The largest absolute Gasteiger partial charge is 0.497 e. The normalized spacial score (nSPS) is 15.8. The summed E-state index contributed by atoms with van der Waals surface area (Å²) in [6, 6.07) is 12.0. The third-order valence-corrected chi connectivity index (χ3v) is 4.82. The molecule has 0 spiro atoms. The highest BCUT2D eigenvalue weighted by Crippen LogP contribution is 2.12. The van der Waals surface area contributed by atoms with Crippen LogP contribution in [0.2, 0.25) is 0 Å². The fourth-order valence-corrected chi connectivity index (χ4v) is 3.18. The first-order valence-electron chi connectivity index (χ1n) is 9.61. The first-order chi connectivity index (χ1) is 13.2. The van der Waals surface area contributed by atoms with E-state index in [4.69, 9.17) is 14.1 Å². The van der Waals surface area contributed by atoms with E-state index in [1.165, 1.54) is 5.56 Å². The molecule has 1 aromatic carbocycles. The smallest absolute Gasteiger partial charge is 0.193 e. The number of benzene rings is 1. The van der Waals surface area contributed by atoms with Crippen LogP contribution in [0, 0.1) is 0 Å². The number of rotatable bonds is 7. The molecule has 6 nitrogen and oxygen atoms in total. The minimum Gasteiger partial charge on any atom is -0.497 e. The molecular formula is C21H29N3O3. The Hall–Kier alpha value is -2.47. The summed E-state index contributed by atoms with van der Waals surface area (Å²) in [6.07, 6.45) is 4.78. The Morgan fingerprint density at radius 2 is 2.00 bits per heavy atom. The van der Waals surface area contributed by atoms with Crippen LogP contribution in [0.25, 0.3) is 0 Å². The molecule has 0 amide bonds. The van der Waals surface area contributed by atoms with Gasteiger partial charge in [0, 0.05) is 32.6 Å². The van der Waals surface area contributed by atoms with Crippen LogP contribution in [0.4, 0.5) is 0 Å². The lowest BCUT2D eigenvalue weighted by atomic mass is 10.1. The maximum absolute atomic E-state index is 9.77. The molecule has 6 heteroatoms. The van der Waals surface area contributed by atoms with Crippen LogP contribution in [-0.2, 0) is 12.8 Å². The van der Waals surface area contributed by atoms with Crippen molar-refractivity contribution in [3.05, 3.63) is 54.0 Å². The SMILES string of the molecule is COc1ccc(CCNC(=NCCc2ccco2)N2CCC(O)CC2)cc1. The Morgan fingerprint density at radius 3 is 2.67 bits per heavy atom. The molecule has 1 fully saturated rings. The topological polar surface area (TPSA) is 70.2 Å². The summed E-state index contributed by atoms with van der Waals surface area (Å²) < 4.78 is 10.6. The van der Waals surface area contributed by atoms with Crippen LogP contribution in [-0.4, -0.2) is 55.4 Å². The van der Waals surface area contributed by atoms with E-state index in [0.717, 1.165) is 62.8 Å². The van der Waals surface area contributed by atoms with Gasteiger partial charge in [0.1, 0.15) is 11.5 Å². The van der Waals surface area contributed by atoms with Crippen LogP contribution in [0.15, 0.2) is 52.1 Å². The molecule has 3 rings (SSSR count). The molecule has 27 heavy (non-hydrogen) atoms. The van der Waals surface area contributed by atoms with Crippen molar-refractivity contribution >= 4 is 5.96 Å². The quantitative estimate of drug-likeness (QED) is 0.578. The molecule has 1 aromatic heterocycles. The predicted molar refractivity (Wildman–Crippen MR) is 106 cm³/mol. The second-order valence-electron chi connectivity index (χ2n) is 6.78. The number of nitrogens with one attached hydrogen (secondary N) is 1. The molecule has 0 aliphatic carbocycles. The van der Waals surface area contributed by atoms with Crippen molar-refractivity contribution in [2.75, 3.05) is 33.3 Å². The van der Waals surface area contributed by atoms with Crippen molar-refractivity contribution in [2.45, 2.75) is 31.8 Å². The zero-order valence-electron chi connectivity index (χ0n) is 15.9. The van der Waals surface area contributed by atoms with E-state index in [-0.39, 0.29) is 6.10 Å². The average molecular weight is 371 g/mol. The Labute approximate surface area is 160 Å². The number of nitrogens with zero attached hydrogens (tertiary/aromatic N) is 2. The predicted octanol–water partition coefficient (Wildman–Crippen LogP) is 2.48. The van der Waals surface area contributed by atoms with E-state index < -0.39 is 0 Å². The minimum atomic E-state index is -0.190. The molecule has 1 aliphatic heterocycles. The molecule has 0 atom stereocenters. The van der Waals surface area contributed by atoms with Crippen molar-refractivity contribution < 1.29 is 14.3 Å². The number of guanidine groups is 1. The van der Waals surface area contributed by atoms with Crippen LogP contribution < -0.4 is 10.1 Å². The zero-order chi connectivity index (χ0) is 18.9. The van der Waals surface area contributed by atoms with E-state index >= 15 is 0 Å². The monoisotopic (exact) mass is 371 g/mol. The van der Waals surface area contributed by atoms with Gasteiger partial charge in [-0.3, -0.25) is 4.99 Å². The third-order valence-electron chi connectivity index (χ3n) is 4.82. The van der Waals surface area contributed by atoms with Crippen molar-refractivity contribution in [3.8, 4) is 5.75 Å². The van der Waals surface area contributed by atoms with Gasteiger partial charge in [0.05, 0.1) is 19.5 Å². The number of likely N-dealkylation sites (tertiary alicyclic amines) is 1. The average Bonchev–Trinajstić information content (AvgIpc) is 3.21. The van der Waals surface area contributed by atoms with Crippen LogP contribution in [0.3, 0.4) is 0 Å². The van der Waals surface area contributed by atoms with Crippen molar-refractivity contribution in [2.24, 2.45) is 4.99 Å². The van der Waals surface area contributed by atoms with Crippen molar-refractivity contribution in [1.82, 2.24) is 10.2 Å². The summed E-state index contributed by atoms with van der Waals surface area (Å²) in [6.45, 7) is 3.15. The van der Waals surface area contributed by atoms with Gasteiger partial charge >= 0.3 is 0 Å². The molecule has 1 saturated heterocycles. The standard InChI is InChI=1S/C21H29N3O3/c1-26-19-6-4-17(5-7-19)8-12-22-21(24-14-10-18(25)11-15-24)23-13-9-20-3-2-16-27-20/h2-7,16,18,25H,8-15H2,1H3,(H,22,23). The first-order valence-corrected chi connectivity index (χ1v) is 9.61. The number of furan rings is 1. The van der Waals surface area contributed by atoms with Gasteiger partial charge in [-0.05, 0) is 49.1 Å².